The molecule has 122 valence electrons. The molecule has 2 aliphatic heterocycles. The molecule has 1 aromatic heterocycles. The van der Waals surface area contributed by atoms with Crippen molar-refractivity contribution in [1.29, 1.82) is 0 Å². The zero-order chi connectivity index (χ0) is 15.8. The van der Waals surface area contributed by atoms with Gasteiger partial charge in [-0.25, -0.2) is 4.98 Å². The molecule has 0 spiro atoms. The van der Waals surface area contributed by atoms with E-state index in [-0.39, 0.29) is 6.04 Å². The summed E-state index contributed by atoms with van der Waals surface area (Å²) >= 11 is 0. The van der Waals surface area contributed by atoms with Crippen molar-refractivity contribution in [3.8, 4) is 0 Å². The summed E-state index contributed by atoms with van der Waals surface area (Å²) in [6.07, 6.45) is 8.75. The number of hydrogen-bond acceptors (Lipinski definition) is 4. The van der Waals surface area contributed by atoms with E-state index >= 15 is 0 Å². The second-order valence-electron chi connectivity index (χ2n) is 6.76. The summed E-state index contributed by atoms with van der Waals surface area (Å²) in [5.41, 5.74) is 7.14. The van der Waals surface area contributed by atoms with E-state index in [1.165, 1.54) is 38.5 Å². The summed E-state index contributed by atoms with van der Waals surface area (Å²) in [6.45, 7) is 1.12. The number of nitrogens with zero attached hydrogens (tertiary/aromatic N) is 2. The molecule has 2 atom stereocenters. The Morgan fingerprint density at radius 2 is 2.04 bits per heavy atom. The van der Waals surface area contributed by atoms with Gasteiger partial charge in [-0.1, -0.05) is 18.9 Å². The maximum Gasteiger partial charge on any atom is 0.252 e. The molecule has 1 amide bonds. The first-order valence-corrected chi connectivity index (χ1v) is 8.69. The number of para-hydroxylation sites is 1. The SMILES string of the molecule is NC(=O)c1cccc2nc(C3CCCC4CCCCCN43)oc12. The molecule has 0 saturated carbocycles. The Labute approximate surface area is 135 Å². The van der Waals surface area contributed by atoms with Crippen molar-refractivity contribution in [1.82, 2.24) is 9.88 Å². The van der Waals surface area contributed by atoms with Crippen molar-refractivity contribution in [3.63, 3.8) is 0 Å². The molecule has 4 rings (SSSR count). The fraction of sp³-hybridized carbons (Fsp3) is 0.556. The summed E-state index contributed by atoms with van der Waals surface area (Å²) in [6, 6.07) is 6.29. The van der Waals surface area contributed by atoms with Crippen LogP contribution in [0.15, 0.2) is 22.6 Å². The van der Waals surface area contributed by atoms with Crippen LogP contribution in [0.1, 0.15) is 67.2 Å². The third-order valence-corrected chi connectivity index (χ3v) is 5.32. The van der Waals surface area contributed by atoms with Crippen LogP contribution in [0.5, 0.6) is 0 Å². The van der Waals surface area contributed by atoms with E-state index in [0.717, 1.165) is 24.4 Å². The Bertz CT molecular complexity index is 724. The molecule has 2 N–H and O–H groups in total. The number of hydrogen-bond donors (Lipinski definition) is 1. The second kappa shape index (κ2) is 5.96. The summed E-state index contributed by atoms with van der Waals surface area (Å²) in [5.74, 6) is 0.287. The Balaban J connectivity index is 1.72. The number of aromatic nitrogens is 1. The molecular formula is C18H23N3O2. The van der Waals surface area contributed by atoms with Crippen molar-refractivity contribution in [3.05, 3.63) is 29.7 Å². The van der Waals surface area contributed by atoms with Crippen molar-refractivity contribution >= 4 is 17.0 Å². The van der Waals surface area contributed by atoms with Gasteiger partial charge in [-0.15, -0.1) is 0 Å². The molecule has 5 nitrogen and oxygen atoms in total. The molecule has 2 unspecified atom stereocenters. The van der Waals surface area contributed by atoms with Crippen molar-refractivity contribution in [2.24, 2.45) is 5.73 Å². The Morgan fingerprint density at radius 3 is 2.91 bits per heavy atom. The molecule has 1 aromatic carbocycles. The molecule has 3 heterocycles. The zero-order valence-electron chi connectivity index (χ0n) is 13.3. The summed E-state index contributed by atoms with van der Waals surface area (Å²) in [5, 5.41) is 0. The maximum absolute atomic E-state index is 11.6. The average Bonchev–Trinajstić information content (AvgIpc) is 2.84. The highest BCUT2D eigenvalue weighted by atomic mass is 16.4. The van der Waals surface area contributed by atoms with Crippen molar-refractivity contribution in [2.45, 2.75) is 57.0 Å². The lowest BCUT2D eigenvalue weighted by molar-refractivity contribution is 0.0700. The minimum absolute atomic E-state index is 0.236. The lowest BCUT2D eigenvalue weighted by Gasteiger charge is -2.39. The lowest BCUT2D eigenvalue weighted by atomic mass is 9.93. The van der Waals surface area contributed by atoms with E-state index in [1.54, 1.807) is 6.07 Å². The van der Waals surface area contributed by atoms with Crippen LogP contribution in [0, 0.1) is 0 Å². The molecule has 2 aliphatic rings. The quantitative estimate of drug-likeness (QED) is 0.922. The second-order valence-corrected chi connectivity index (χ2v) is 6.76. The smallest absolute Gasteiger partial charge is 0.252 e. The molecule has 0 bridgehead atoms. The van der Waals surface area contributed by atoms with Gasteiger partial charge >= 0.3 is 0 Å². The Kier molecular flexibility index (Phi) is 3.81. The lowest BCUT2D eigenvalue weighted by Crippen LogP contribution is -2.41. The van der Waals surface area contributed by atoms with Gasteiger partial charge in [0, 0.05) is 6.04 Å². The predicted octanol–water partition coefficient (Wildman–Crippen LogP) is 3.40. The molecule has 2 aromatic rings. The van der Waals surface area contributed by atoms with E-state index < -0.39 is 5.91 Å². The fourth-order valence-corrected chi connectivity index (χ4v) is 4.20. The monoisotopic (exact) mass is 313 g/mol. The van der Waals surface area contributed by atoms with Gasteiger partial charge < -0.3 is 10.2 Å². The molecule has 0 aliphatic carbocycles. The van der Waals surface area contributed by atoms with Crippen LogP contribution >= 0.6 is 0 Å². The van der Waals surface area contributed by atoms with E-state index in [0.29, 0.717) is 17.2 Å². The molecule has 23 heavy (non-hydrogen) atoms. The molecule has 2 saturated heterocycles. The number of rotatable bonds is 2. The minimum atomic E-state index is -0.463. The van der Waals surface area contributed by atoms with Gasteiger partial charge in [0.25, 0.3) is 5.91 Å². The van der Waals surface area contributed by atoms with Crippen molar-refractivity contribution < 1.29 is 9.21 Å². The normalized spacial score (nSPS) is 25.9. The van der Waals surface area contributed by atoms with Crippen molar-refractivity contribution in [2.75, 3.05) is 6.54 Å². The Morgan fingerprint density at radius 1 is 1.17 bits per heavy atom. The maximum atomic E-state index is 11.6. The first-order valence-electron chi connectivity index (χ1n) is 8.69. The zero-order valence-corrected chi connectivity index (χ0v) is 13.3. The van der Waals surface area contributed by atoms with Crippen LogP contribution in [0.3, 0.4) is 0 Å². The standard InChI is InChI=1S/C18H23N3O2/c19-17(22)13-8-5-9-14-16(13)23-18(20-14)15-10-4-7-12-6-2-1-3-11-21(12)15/h5,8-9,12,15H,1-4,6-7,10-11H2,(H2,19,22). The molecular weight excluding hydrogens is 290 g/mol. The molecule has 0 radical (unpaired) electrons. The predicted molar refractivity (Wildman–Crippen MR) is 88.1 cm³/mol. The number of carbonyl (C=O) groups is 1. The first kappa shape index (κ1) is 14.7. The number of oxazole rings is 1. The van der Waals surface area contributed by atoms with Gasteiger partial charge in [0.1, 0.15) is 5.52 Å². The summed E-state index contributed by atoms with van der Waals surface area (Å²) in [7, 11) is 0. The van der Waals surface area contributed by atoms with E-state index in [2.05, 4.69) is 9.88 Å². The highest BCUT2D eigenvalue weighted by Crippen LogP contribution is 2.38. The summed E-state index contributed by atoms with van der Waals surface area (Å²) in [4.78, 5) is 18.9. The fourth-order valence-electron chi connectivity index (χ4n) is 4.20. The molecule has 5 heteroatoms. The van der Waals surface area contributed by atoms with Crippen LogP contribution < -0.4 is 5.73 Å². The van der Waals surface area contributed by atoms with Gasteiger partial charge in [-0.05, 0) is 50.8 Å². The average molecular weight is 313 g/mol. The van der Waals surface area contributed by atoms with Crippen LogP contribution in [-0.4, -0.2) is 28.4 Å². The van der Waals surface area contributed by atoms with Gasteiger partial charge in [0.2, 0.25) is 5.89 Å². The van der Waals surface area contributed by atoms with Gasteiger partial charge in [0.15, 0.2) is 5.58 Å². The van der Waals surface area contributed by atoms with Gasteiger partial charge in [-0.2, -0.15) is 0 Å². The van der Waals surface area contributed by atoms with Crippen LogP contribution in [0.4, 0.5) is 0 Å². The van der Waals surface area contributed by atoms with E-state index in [4.69, 9.17) is 10.2 Å². The Hall–Kier alpha value is -1.88. The topological polar surface area (TPSA) is 72.4 Å². The molecule has 2 fully saturated rings. The number of nitrogens with two attached hydrogens (primary N) is 1. The largest absolute Gasteiger partial charge is 0.438 e. The third kappa shape index (κ3) is 2.63. The van der Waals surface area contributed by atoms with Gasteiger partial charge in [-0.3, -0.25) is 9.69 Å². The third-order valence-electron chi connectivity index (χ3n) is 5.32. The number of fused-ring (bicyclic) bond motifs is 2. The summed E-state index contributed by atoms with van der Waals surface area (Å²) < 4.78 is 6.04. The van der Waals surface area contributed by atoms with Crippen LogP contribution in [0.2, 0.25) is 0 Å². The number of amides is 1. The van der Waals surface area contributed by atoms with Crippen LogP contribution in [0.25, 0.3) is 11.1 Å². The number of primary amides is 1. The number of carbonyl (C=O) groups excluding carboxylic acids is 1. The number of piperidine rings is 1. The van der Waals surface area contributed by atoms with E-state index in [9.17, 15) is 4.79 Å². The minimum Gasteiger partial charge on any atom is -0.438 e. The van der Waals surface area contributed by atoms with Crippen LogP contribution in [-0.2, 0) is 0 Å². The van der Waals surface area contributed by atoms with Gasteiger partial charge in [0.05, 0.1) is 11.6 Å². The highest BCUT2D eigenvalue weighted by Gasteiger charge is 2.35. The first-order chi connectivity index (χ1) is 11.2. The van der Waals surface area contributed by atoms with E-state index in [1.807, 2.05) is 12.1 Å². The number of benzene rings is 1. The highest BCUT2D eigenvalue weighted by molar-refractivity contribution is 6.03.